The van der Waals surface area contributed by atoms with Gasteiger partial charge in [-0.2, -0.15) is 0 Å². The summed E-state index contributed by atoms with van der Waals surface area (Å²) in [6.45, 7) is 1.85. The highest BCUT2D eigenvalue weighted by Gasteiger charge is 2.24. The van der Waals surface area contributed by atoms with E-state index in [9.17, 15) is 9.59 Å². The lowest BCUT2D eigenvalue weighted by molar-refractivity contribution is -0.145. The van der Waals surface area contributed by atoms with Gasteiger partial charge < -0.3 is 4.74 Å². The summed E-state index contributed by atoms with van der Waals surface area (Å²) in [5, 5.41) is 0. The first-order valence-electron chi connectivity index (χ1n) is 5.45. The van der Waals surface area contributed by atoms with Crippen LogP contribution in [0.3, 0.4) is 0 Å². The number of carbonyl (C=O) groups excluding carboxylic acids is 2. The smallest absolute Gasteiger partial charge is 0.308 e. The molecule has 1 aliphatic rings. The van der Waals surface area contributed by atoms with Gasteiger partial charge in [-0.15, -0.1) is 0 Å². The van der Waals surface area contributed by atoms with Gasteiger partial charge in [-0.05, 0) is 31.8 Å². The van der Waals surface area contributed by atoms with Gasteiger partial charge in [0.25, 0.3) is 0 Å². The Morgan fingerprint density at radius 3 is 2.80 bits per heavy atom. The number of rotatable bonds is 1. The molecule has 0 radical (unpaired) electrons. The Balaban J connectivity index is 2.74. The Hall–Kier alpha value is -1.12. The first-order valence-corrected chi connectivity index (χ1v) is 5.45. The van der Waals surface area contributed by atoms with Crippen molar-refractivity contribution in [3.05, 3.63) is 11.6 Å². The third-order valence-electron chi connectivity index (χ3n) is 2.91. The molecule has 84 valence electrons. The van der Waals surface area contributed by atoms with Crippen LogP contribution in [0.5, 0.6) is 0 Å². The second kappa shape index (κ2) is 5.69. The highest BCUT2D eigenvalue weighted by atomic mass is 16.5. The summed E-state index contributed by atoms with van der Waals surface area (Å²) in [6, 6.07) is 0. The molecule has 1 aliphatic carbocycles. The van der Waals surface area contributed by atoms with Crippen LogP contribution in [0.25, 0.3) is 0 Å². The van der Waals surface area contributed by atoms with Crippen molar-refractivity contribution in [1.82, 2.24) is 0 Å². The van der Waals surface area contributed by atoms with Gasteiger partial charge in [-0.3, -0.25) is 9.59 Å². The van der Waals surface area contributed by atoms with Crippen molar-refractivity contribution in [2.45, 2.75) is 39.0 Å². The summed E-state index contributed by atoms with van der Waals surface area (Å²) in [5.74, 6) is -0.138. The highest BCUT2D eigenvalue weighted by Crippen LogP contribution is 2.25. The standard InChI is InChI=1S/C12H18O3/c1-3-9-8-10(12(14)15-2)6-4-5-7-11(9)13/h3,10H,4-8H2,1-2H3/b9-3+. The molecule has 3 nitrogen and oxygen atoms in total. The van der Waals surface area contributed by atoms with Crippen molar-refractivity contribution in [3.63, 3.8) is 0 Å². The molecular formula is C12H18O3. The van der Waals surface area contributed by atoms with Crippen molar-refractivity contribution in [1.29, 1.82) is 0 Å². The molecular weight excluding hydrogens is 192 g/mol. The van der Waals surface area contributed by atoms with Crippen LogP contribution in [0.15, 0.2) is 11.6 Å². The fourth-order valence-electron chi connectivity index (χ4n) is 1.96. The topological polar surface area (TPSA) is 43.4 Å². The average molecular weight is 210 g/mol. The van der Waals surface area contributed by atoms with Crippen molar-refractivity contribution in [2.75, 3.05) is 7.11 Å². The molecule has 0 amide bonds. The van der Waals surface area contributed by atoms with E-state index in [4.69, 9.17) is 4.74 Å². The fourth-order valence-corrected chi connectivity index (χ4v) is 1.96. The average Bonchev–Trinajstić information content (AvgIpc) is 2.23. The molecule has 0 bridgehead atoms. The number of ketones is 1. The Morgan fingerprint density at radius 2 is 2.20 bits per heavy atom. The van der Waals surface area contributed by atoms with Gasteiger partial charge in [-0.1, -0.05) is 12.5 Å². The number of hydrogen-bond donors (Lipinski definition) is 0. The van der Waals surface area contributed by atoms with E-state index >= 15 is 0 Å². The van der Waals surface area contributed by atoms with Crippen LogP contribution in [0.1, 0.15) is 39.0 Å². The lowest BCUT2D eigenvalue weighted by atomic mass is 9.87. The minimum atomic E-state index is -0.191. The number of allylic oxidation sites excluding steroid dienone is 2. The molecule has 1 rings (SSSR count). The minimum absolute atomic E-state index is 0.134. The van der Waals surface area contributed by atoms with E-state index in [2.05, 4.69) is 0 Å². The second-order valence-corrected chi connectivity index (χ2v) is 3.91. The minimum Gasteiger partial charge on any atom is -0.469 e. The number of carbonyl (C=O) groups is 2. The van der Waals surface area contributed by atoms with Crippen LogP contribution in [0.4, 0.5) is 0 Å². The maximum atomic E-state index is 11.6. The Kier molecular flexibility index (Phi) is 4.53. The molecule has 0 spiro atoms. The maximum Gasteiger partial charge on any atom is 0.308 e. The zero-order chi connectivity index (χ0) is 11.3. The molecule has 15 heavy (non-hydrogen) atoms. The molecule has 3 heteroatoms. The molecule has 1 atom stereocenters. The van der Waals surface area contributed by atoms with E-state index in [1.807, 2.05) is 13.0 Å². The number of esters is 1. The van der Waals surface area contributed by atoms with Gasteiger partial charge in [0.15, 0.2) is 5.78 Å². The first kappa shape index (κ1) is 12.0. The lowest BCUT2D eigenvalue weighted by Gasteiger charge is -2.18. The van der Waals surface area contributed by atoms with E-state index < -0.39 is 0 Å². The first-order chi connectivity index (χ1) is 7.19. The number of methoxy groups -OCH3 is 1. The number of Topliss-reactive ketones (excluding diaryl/α,β-unsaturated/α-hetero) is 1. The van der Waals surface area contributed by atoms with E-state index in [1.54, 1.807) is 0 Å². The third-order valence-corrected chi connectivity index (χ3v) is 2.91. The molecule has 0 saturated heterocycles. The Labute approximate surface area is 90.5 Å². The van der Waals surface area contributed by atoms with Crippen LogP contribution in [-0.4, -0.2) is 18.9 Å². The summed E-state index contributed by atoms with van der Waals surface area (Å²) >= 11 is 0. The van der Waals surface area contributed by atoms with Crippen molar-refractivity contribution in [3.8, 4) is 0 Å². The molecule has 1 unspecified atom stereocenters. The molecule has 0 N–H and O–H groups in total. The van der Waals surface area contributed by atoms with Gasteiger partial charge in [0.1, 0.15) is 0 Å². The third kappa shape index (κ3) is 3.18. The van der Waals surface area contributed by atoms with Gasteiger partial charge in [0.05, 0.1) is 13.0 Å². The zero-order valence-corrected chi connectivity index (χ0v) is 9.41. The summed E-state index contributed by atoms with van der Waals surface area (Å²) < 4.78 is 4.74. The molecule has 0 heterocycles. The predicted molar refractivity (Wildman–Crippen MR) is 57.4 cm³/mol. The summed E-state index contributed by atoms with van der Waals surface area (Å²) in [4.78, 5) is 23.1. The summed E-state index contributed by atoms with van der Waals surface area (Å²) in [6.07, 6.45) is 5.63. The van der Waals surface area contributed by atoms with Crippen molar-refractivity contribution >= 4 is 11.8 Å². The van der Waals surface area contributed by atoms with Crippen molar-refractivity contribution < 1.29 is 14.3 Å². The van der Waals surface area contributed by atoms with Crippen LogP contribution in [0.2, 0.25) is 0 Å². The van der Waals surface area contributed by atoms with Gasteiger partial charge in [0, 0.05) is 6.42 Å². The number of ether oxygens (including phenoxy) is 1. The molecule has 0 aromatic carbocycles. The largest absolute Gasteiger partial charge is 0.469 e. The summed E-state index contributed by atoms with van der Waals surface area (Å²) in [5.41, 5.74) is 0.783. The predicted octanol–water partition coefficient (Wildman–Crippen LogP) is 2.26. The van der Waals surface area contributed by atoms with E-state index in [0.29, 0.717) is 12.8 Å². The van der Waals surface area contributed by atoms with Crippen LogP contribution < -0.4 is 0 Å². The highest BCUT2D eigenvalue weighted by molar-refractivity contribution is 5.96. The SMILES string of the molecule is C/C=C1\CC(C(=O)OC)CCCCC1=O. The normalized spacial score (nSPS) is 25.9. The molecule has 0 aromatic rings. The monoisotopic (exact) mass is 210 g/mol. The van der Waals surface area contributed by atoms with Crippen LogP contribution in [0, 0.1) is 5.92 Å². The van der Waals surface area contributed by atoms with Gasteiger partial charge in [0.2, 0.25) is 0 Å². The molecule has 0 aliphatic heterocycles. The fraction of sp³-hybridized carbons (Fsp3) is 0.667. The van der Waals surface area contributed by atoms with Gasteiger partial charge in [-0.25, -0.2) is 0 Å². The van der Waals surface area contributed by atoms with Crippen LogP contribution >= 0.6 is 0 Å². The Morgan fingerprint density at radius 1 is 1.47 bits per heavy atom. The number of hydrogen-bond acceptors (Lipinski definition) is 3. The van der Waals surface area contributed by atoms with Gasteiger partial charge >= 0.3 is 5.97 Å². The van der Waals surface area contributed by atoms with Crippen molar-refractivity contribution in [2.24, 2.45) is 5.92 Å². The maximum absolute atomic E-state index is 11.6. The molecule has 1 fully saturated rings. The zero-order valence-electron chi connectivity index (χ0n) is 9.41. The van der Waals surface area contributed by atoms with E-state index in [1.165, 1.54) is 7.11 Å². The Bertz CT molecular complexity index is 279. The quantitative estimate of drug-likeness (QED) is 0.492. The van der Waals surface area contributed by atoms with E-state index in [-0.39, 0.29) is 17.7 Å². The second-order valence-electron chi connectivity index (χ2n) is 3.91. The lowest BCUT2D eigenvalue weighted by Crippen LogP contribution is -2.21. The molecule has 1 saturated carbocycles. The summed E-state index contributed by atoms with van der Waals surface area (Å²) in [7, 11) is 1.40. The van der Waals surface area contributed by atoms with E-state index in [0.717, 1.165) is 24.8 Å². The molecule has 0 aromatic heterocycles. The van der Waals surface area contributed by atoms with Crippen LogP contribution in [-0.2, 0) is 14.3 Å².